The molecule has 0 amide bonds. The van der Waals surface area contributed by atoms with Crippen LogP contribution in [0.15, 0.2) is 46.9 Å². The minimum Gasteiger partial charge on any atom is -0.457 e. The first-order valence-electron chi connectivity index (χ1n) is 7.34. The van der Waals surface area contributed by atoms with Crippen molar-refractivity contribution in [1.82, 2.24) is 0 Å². The van der Waals surface area contributed by atoms with Gasteiger partial charge in [-0.1, -0.05) is 48.0 Å². The van der Waals surface area contributed by atoms with Crippen LogP contribution >= 0.6 is 15.9 Å². The van der Waals surface area contributed by atoms with Crippen LogP contribution in [0.5, 0.6) is 11.5 Å². The lowest BCUT2D eigenvalue weighted by Gasteiger charge is -2.12. The molecule has 0 saturated carbocycles. The van der Waals surface area contributed by atoms with E-state index in [0.29, 0.717) is 5.92 Å². The Kier molecular flexibility index (Phi) is 5.43. The third kappa shape index (κ3) is 4.08. The van der Waals surface area contributed by atoms with Gasteiger partial charge in [0, 0.05) is 10.5 Å². The van der Waals surface area contributed by atoms with E-state index < -0.39 is 0 Å². The van der Waals surface area contributed by atoms with Crippen molar-refractivity contribution in [2.45, 2.75) is 39.2 Å². The molecule has 112 valence electrons. The van der Waals surface area contributed by atoms with Gasteiger partial charge in [0.05, 0.1) is 0 Å². The number of halogens is 1. The van der Waals surface area contributed by atoms with E-state index >= 15 is 0 Å². The lowest BCUT2D eigenvalue weighted by atomic mass is 9.99. The quantitative estimate of drug-likeness (QED) is 0.744. The molecule has 0 aromatic heterocycles. The highest BCUT2D eigenvalue weighted by atomic mass is 79.9. The Bertz CT molecular complexity index is 593. The average molecular weight is 348 g/mol. The first kappa shape index (κ1) is 16.1. The molecule has 0 heterocycles. The number of nitrogens with two attached hydrogens (primary N) is 1. The molecule has 0 fully saturated rings. The summed E-state index contributed by atoms with van der Waals surface area (Å²) in [7, 11) is 0. The second kappa shape index (κ2) is 7.10. The van der Waals surface area contributed by atoms with Crippen LogP contribution in [0.3, 0.4) is 0 Å². The van der Waals surface area contributed by atoms with E-state index in [0.717, 1.165) is 28.0 Å². The predicted molar refractivity (Wildman–Crippen MR) is 92.0 cm³/mol. The van der Waals surface area contributed by atoms with Crippen LogP contribution in [0, 0.1) is 0 Å². The van der Waals surface area contributed by atoms with E-state index in [4.69, 9.17) is 10.5 Å². The van der Waals surface area contributed by atoms with E-state index in [1.165, 1.54) is 5.56 Å². The van der Waals surface area contributed by atoms with Gasteiger partial charge in [-0.3, -0.25) is 0 Å². The van der Waals surface area contributed by atoms with Gasteiger partial charge in [-0.25, -0.2) is 0 Å². The molecule has 0 spiro atoms. The van der Waals surface area contributed by atoms with E-state index in [-0.39, 0.29) is 6.04 Å². The minimum atomic E-state index is 0.00300. The number of rotatable bonds is 5. The van der Waals surface area contributed by atoms with Gasteiger partial charge in [0.25, 0.3) is 0 Å². The molecule has 2 N–H and O–H groups in total. The molecule has 2 aromatic rings. The highest BCUT2D eigenvalue weighted by Crippen LogP contribution is 2.30. The Morgan fingerprint density at radius 1 is 1.05 bits per heavy atom. The minimum absolute atomic E-state index is 0.00300. The van der Waals surface area contributed by atoms with Crippen molar-refractivity contribution in [3.8, 4) is 11.5 Å². The second-order valence-corrected chi connectivity index (χ2v) is 6.31. The lowest BCUT2D eigenvalue weighted by Crippen LogP contribution is -2.05. The Labute approximate surface area is 135 Å². The highest BCUT2D eigenvalue weighted by Gasteiger charge is 2.07. The summed E-state index contributed by atoms with van der Waals surface area (Å²) in [6, 6.07) is 14.2. The fourth-order valence-corrected chi connectivity index (χ4v) is 2.90. The van der Waals surface area contributed by atoms with Gasteiger partial charge in [-0.05, 0) is 54.7 Å². The Morgan fingerprint density at radius 2 is 1.67 bits per heavy atom. The van der Waals surface area contributed by atoms with Crippen LogP contribution in [0.2, 0.25) is 0 Å². The summed E-state index contributed by atoms with van der Waals surface area (Å²) >= 11 is 3.54. The highest BCUT2D eigenvalue weighted by molar-refractivity contribution is 9.10. The Morgan fingerprint density at radius 3 is 2.19 bits per heavy atom. The van der Waals surface area contributed by atoms with Crippen LogP contribution in [0.25, 0.3) is 0 Å². The maximum atomic E-state index is 5.90. The summed E-state index contributed by atoms with van der Waals surface area (Å²) in [5.74, 6) is 2.24. The molecular formula is C18H22BrNO. The summed E-state index contributed by atoms with van der Waals surface area (Å²) in [4.78, 5) is 0. The standard InChI is InChI=1S/C18H22BrNO/c1-4-12(2)14-5-7-15(8-6-14)21-16-9-10-17(13(3)20)18(19)11-16/h5-13H,4,20H2,1-3H3/t12?,13-/m1/s1. The number of hydrogen-bond acceptors (Lipinski definition) is 2. The molecular weight excluding hydrogens is 326 g/mol. The van der Waals surface area contributed by atoms with Crippen molar-refractivity contribution < 1.29 is 4.74 Å². The van der Waals surface area contributed by atoms with Crippen molar-refractivity contribution in [2.75, 3.05) is 0 Å². The largest absolute Gasteiger partial charge is 0.457 e. The summed E-state index contributed by atoms with van der Waals surface area (Å²) < 4.78 is 6.87. The van der Waals surface area contributed by atoms with Gasteiger partial charge in [-0.15, -0.1) is 0 Å². The normalized spacial score (nSPS) is 13.8. The molecule has 0 saturated heterocycles. The van der Waals surface area contributed by atoms with Crippen LogP contribution in [0.1, 0.15) is 50.3 Å². The first-order valence-corrected chi connectivity index (χ1v) is 8.13. The topological polar surface area (TPSA) is 35.2 Å². The molecule has 0 bridgehead atoms. The molecule has 0 aliphatic carbocycles. The van der Waals surface area contributed by atoms with Crippen molar-refractivity contribution in [2.24, 2.45) is 5.73 Å². The molecule has 2 rings (SSSR count). The van der Waals surface area contributed by atoms with Crippen LogP contribution in [-0.2, 0) is 0 Å². The smallest absolute Gasteiger partial charge is 0.128 e. The van der Waals surface area contributed by atoms with Crippen LogP contribution < -0.4 is 10.5 Å². The van der Waals surface area contributed by atoms with Crippen molar-refractivity contribution in [1.29, 1.82) is 0 Å². The summed E-state index contributed by atoms with van der Waals surface area (Å²) in [6.07, 6.45) is 1.14. The van der Waals surface area contributed by atoms with E-state index in [1.54, 1.807) is 0 Å². The van der Waals surface area contributed by atoms with Gasteiger partial charge in [0.1, 0.15) is 11.5 Å². The summed E-state index contributed by atoms with van der Waals surface area (Å²) in [6.45, 7) is 6.40. The summed E-state index contributed by atoms with van der Waals surface area (Å²) in [5.41, 5.74) is 8.33. The summed E-state index contributed by atoms with van der Waals surface area (Å²) in [5, 5.41) is 0. The average Bonchev–Trinajstić information content (AvgIpc) is 2.47. The zero-order valence-electron chi connectivity index (χ0n) is 12.8. The third-order valence-corrected chi connectivity index (χ3v) is 4.45. The fourth-order valence-electron chi connectivity index (χ4n) is 2.18. The second-order valence-electron chi connectivity index (χ2n) is 5.45. The zero-order chi connectivity index (χ0) is 15.4. The fraction of sp³-hybridized carbons (Fsp3) is 0.333. The van der Waals surface area contributed by atoms with Crippen LogP contribution in [-0.4, -0.2) is 0 Å². The maximum Gasteiger partial charge on any atom is 0.128 e. The maximum absolute atomic E-state index is 5.90. The van der Waals surface area contributed by atoms with Gasteiger partial charge in [0.2, 0.25) is 0 Å². The number of hydrogen-bond donors (Lipinski definition) is 1. The predicted octanol–water partition coefficient (Wildman–Crippen LogP) is 5.77. The lowest BCUT2D eigenvalue weighted by molar-refractivity contribution is 0.481. The van der Waals surface area contributed by atoms with Crippen molar-refractivity contribution >= 4 is 15.9 Å². The Balaban J connectivity index is 2.13. The van der Waals surface area contributed by atoms with Crippen molar-refractivity contribution in [3.05, 3.63) is 58.1 Å². The van der Waals surface area contributed by atoms with Crippen LogP contribution in [0.4, 0.5) is 0 Å². The monoisotopic (exact) mass is 347 g/mol. The van der Waals surface area contributed by atoms with Gasteiger partial charge in [-0.2, -0.15) is 0 Å². The Hall–Kier alpha value is -1.32. The van der Waals surface area contributed by atoms with Gasteiger partial charge >= 0.3 is 0 Å². The SMILES string of the molecule is CCC(C)c1ccc(Oc2ccc([C@@H](C)N)c(Br)c2)cc1. The molecule has 3 heteroatoms. The molecule has 0 aliphatic heterocycles. The first-order chi connectivity index (χ1) is 10.0. The van der Waals surface area contributed by atoms with Gasteiger partial charge in [0.15, 0.2) is 0 Å². The number of ether oxygens (including phenoxy) is 1. The van der Waals surface area contributed by atoms with E-state index in [9.17, 15) is 0 Å². The van der Waals surface area contributed by atoms with Gasteiger partial charge < -0.3 is 10.5 Å². The van der Waals surface area contributed by atoms with Crippen molar-refractivity contribution in [3.63, 3.8) is 0 Å². The molecule has 2 aromatic carbocycles. The van der Waals surface area contributed by atoms with E-state index in [1.807, 2.05) is 37.3 Å². The molecule has 2 atom stereocenters. The number of benzene rings is 2. The zero-order valence-corrected chi connectivity index (χ0v) is 14.4. The van der Waals surface area contributed by atoms with E-state index in [2.05, 4.69) is 41.9 Å². The third-order valence-electron chi connectivity index (χ3n) is 3.76. The molecule has 2 nitrogen and oxygen atoms in total. The molecule has 0 radical (unpaired) electrons. The molecule has 0 aliphatic rings. The molecule has 1 unspecified atom stereocenters. The molecule has 21 heavy (non-hydrogen) atoms.